The molecule has 2 aromatic rings. The SMILES string of the molecule is O=C(NCc1ccn[nH]1)N1CCN(c2cnccn2)CC1. The van der Waals surface area contributed by atoms with Gasteiger partial charge in [-0.2, -0.15) is 5.10 Å². The Balaban J connectivity index is 1.48. The predicted octanol–water partition coefficient (Wildman–Crippen LogP) is 0.231. The van der Waals surface area contributed by atoms with E-state index in [9.17, 15) is 4.79 Å². The molecule has 0 spiro atoms. The van der Waals surface area contributed by atoms with Gasteiger partial charge < -0.3 is 15.1 Å². The van der Waals surface area contributed by atoms with Crippen LogP contribution >= 0.6 is 0 Å². The number of amides is 2. The maximum Gasteiger partial charge on any atom is 0.317 e. The quantitative estimate of drug-likeness (QED) is 0.843. The average molecular weight is 287 g/mol. The molecule has 8 nitrogen and oxygen atoms in total. The van der Waals surface area contributed by atoms with Crippen LogP contribution in [-0.2, 0) is 6.54 Å². The van der Waals surface area contributed by atoms with Crippen molar-refractivity contribution in [1.29, 1.82) is 0 Å². The summed E-state index contributed by atoms with van der Waals surface area (Å²) in [4.78, 5) is 24.4. The van der Waals surface area contributed by atoms with Crippen LogP contribution in [0.4, 0.5) is 10.6 Å². The number of carbonyl (C=O) groups is 1. The number of urea groups is 1. The predicted molar refractivity (Wildman–Crippen MR) is 76.6 cm³/mol. The van der Waals surface area contributed by atoms with Crippen LogP contribution < -0.4 is 10.2 Å². The van der Waals surface area contributed by atoms with E-state index in [-0.39, 0.29) is 6.03 Å². The average Bonchev–Trinajstić information content (AvgIpc) is 3.07. The second-order valence-electron chi connectivity index (χ2n) is 4.78. The topological polar surface area (TPSA) is 90.0 Å². The molecule has 2 aromatic heterocycles. The van der Waals surface area contributed by atoms with Gasteiger partial charge in [-0.1, -0.05) is 0 Å². The smallest absolute Gasteiger partial charge is 0.317 e. The molecule has 1 aliphatic rings. The van der Waals surface area contributed by atoms with E-state index >= 15 is 0 Å². The van der Waals surface area contributed by atoms with Crippen molar-refractivity contribution in [3.63, 3.8) is 0 Å². The van der Waals surface area contributed by atoms with Gasteiger partial charge in [0.25, 0.3) is 0 Å². The molecular formula is C13H17N7O. The minimum atomic E-state index is -0.0524. The zero-order chi connectivity index (χ0) is 14.5. The third-order valence-corrected chi connectivity index (χ3v) is 3.43. The molecule has 1 aliphatic heterocycles. The lowest BCUT2D eigenvalue weighted by Crippen LogP contribution is -2.51. The van der Waals surface area contributed by atoms with E-state index in [1.165, 1.54) is 0 Å². The van der Waals surface area contributed by atoms with Crippen LogP contribution in [0.3, 0.4) is 0 Å². The molecular weight excluding hydrogens is 270 g/mol. The van der Waals surface area contributed by atoms with Gasteiger partial charge in [0.05, 0.1) is 18.4 Å². The maximum absolute atomic E-state index is 12.1. The summed E-state index contributed by atoms with van der Waals surface area (Å²) >= 11 is 0. The number of aromatic nitrogens is 4. The summed E-state index contributed by atoms with van der Waals surface area (Å²) in [5.41, 5.74) is 0.890. The minimum Gasteiger partial charge on any atom is -0.352 e. The van der Waals surface area contributed by atoms with Gasteiger partial charge in [0, 0.05) is 44.8 Å². The first-order chi connectivity index (χ1) is 10.3. The lowest BCUT2D eigenvalue weighted by atomic mass is 10.3. The molecule has 0 atom stereocenters. The minimum absolute atomic E-state index is 0.0524. The lowest BCUT2D eigenvalue weighted by Gasteiger charge is -2.35. The second-order valence-corrected chi connectivity index (χ2v) is 4.78. The molecule has 0 aromatic carbocycles. The Labute approximate surface area is 122 Å². The molecule has 110 valence electrons. The Morgan fingerprint density at radius 1 is 1.24 bits per heavy atom. The highest BCUT2D eigenvalue weighted by molar-refractivity contribution is 5.74. The summed E-state index contributed by atoms with van der Waals surface area (Å²) in [7, 11) is 0. The fourth-order valence-electron chi connectivity index (χ4n) is 2.26. The normalized spacial score (nSPS) is 15.0. The van der Waals surface area contributed by atoms with Crippen LogP contribution in [0.1, 0.15) is 5.69 Å². The lowest BCUT2D eigenvalue weighted by molar-refractivity contribution is 0.193. The summed E-state index contributed by atoms with van der Waals surface area (Å²) in [6, 6.07) is 1.79. The number of hydrogen-bond acceptors (Lipinski definition) is 5. The van der Waals surface area contributed by atoms with E-state index in [1.807, 2.05) is 11.0 Å². The molecule has 0 aliphatic carbocycles. The number of anilines is 1. The molecule has 0 radical (unpaired) electrons. The van der Waals surface area contributed by atoms with Crippen molar-refractivity contribution in [2.45, 2.75) is 6.54 Å². The van der Waals surface area contributed by atoms with Crippen molar-refractivity contribution in [2.75, 3.05) is 31.1 Å². The van der Waals surface area contributed by atoms with Gasteiger partial charge in [-0.15, -0.1) is 0 Å². The Hall–Kier alpha value is -2.64. The Bertz CT molecular complexity index is 563. The number of carbonyl (C=O) groups excluding carboxylic acids is 1. The van der Waals surface area contributed by atoms with Crippen molar-refractivity contribution in [2.24, 2.45) is 0 Å². The largest absolute Gasteiger partial charge is 0.352 e. The van der Waals surface area contributed by atoms with Crippen LogP contribution in [-0.4, -0.2) is 57.3 Å². The van der Waals surface area contributed by atoms with Crippen LogP contribution in [0, 0.1) is 0 Å². The third kappa shape index (κ3) is 3.28. The summed E-state index contributed by atoms with van der Waals surface area (Å²) in [5, 5.41) is 9.54. The monoisotopic (exact) mass is 287 g/mol. The fraction of sp³-hybridized carbons (Fsp3) is 0.385. The Kier molecular flexibility index (Phi) is 3.95. The number of rotatable bonds is 3. The van der Waals surface area contributed by atoms with Crippen molar-refractivity contribution in [3.05, 3.63) is 36.5 Å². The van der Waals surface area contributed by atoms with Gasteiger partial charge in [0.2, 0.25) is 0 Å². The third-order valence-electron chi connectivity index (χ3n) is 3.43. The van der Waals surface area contributed by atoms with Crippen LogP contribution in [0.2, 0.25) is 0 Å². The first kappa shape index (κ1) is 13.3. The van der Waals surface area contributed by atoms with Gasteiger partial charge in [-0.25, -0.2) is 9.78 Å². The van der Waals surface area contributed by atoms with E-state index < -0.39 is 0 Å². The fourth-order valence-corrected chi connectivity index (χ4v) is 2.26. The second kappa shape index (κ2) is 6.21. The van der Waals surface area contributed by atoms with E-state index in [1.54, 1.807) is 24.8 Å². The standard InChI is InChI=1S/C13H17N7O/c21-13(16-9-11-1-2-17-18-11)20-7-5-19(6-8-20)12-10-14-3-4-15-12/h1-4,10H,5-9H2,(H,16,21)(H,17,18). The van der Waals surface area contributed by atoms with Crippen molar-refractivity contribution in [3.8, 4) is 0 Å². The van der Waals surface area contributed by atoms with E-state index in [4.69, 9.17) is 0 Å². The summed E-state index contributed by atoms with van der Waals surface area (Å²) < 4.78 is 0. The molecule has 0 unspecified atom stereocenters. The Morgan fingerprint density at radius 2 is 2.10 bits per heavy atom. The zero-order valence-electron chi connectivity index (χ0n) is 11.6. The number of hydrogen-bond donors (Lipinski definition) is 2. The van der Waals surface area contributed by atoms with E-state index in [2.05, 4.69) is 30.4 Å². The molecule has 1 fully saturated rings. The molecule has 3 heterocycles. The first-order valence-electron chi connectivity index (χ1n) is 6.85. The maximum atomic E-state index is 12.1. The van der Waals surface area contributed by atoms with Gasteiger partial charge in [0.1, 0.15) is 5.82 Å². The van der Waals surface area contributed by atoms with Gasteiger partial charge >= 0.3 is 6.03 Å². The molecule has 1 saturated heterocycles. The van der Waals surface area contributed by atoms with Gasteiger partial charge in [-0.05, 0) is 6.07 Å². The number of nitrogens with one attached hydrogen (secondary N) is 2. The summed E-state index contributed by atoms with van der Waals surface area (Å²) in [6.07, 6.45) is 6.75. The van der Waals surface area contributed by atoms with E-state index in [0.717, 1.165) is 24.6 Å². The number of piperazine rings is 1. The molecule has 8 heteroatoms. The van der Waals surface area contributed by atoms with Crippen LogP contribution in [0.5, 0.6) is 0 Å². The zero-order valence-corrected chi connectivity index (χ0v) is 11.6. The van der Waals surface area contributed by atoms with Crippen LogP contribution in [0.15, 0.2) is 30.9 Å². The van der Waals surface area contributed by atoms with Crippen molar-refractivity contribution < 1.29 is 4.79 Å². The molecule has 2 N–H and O–H groups in total. The number of nitrogens with zero attached hydrogens (tertiary/aromatic N) is 5. The molecule has 0 bridgehead atoms. The number of aromatic amines is 1. The Morgan fingerprint density at radius 3 is 2.76 bits per heavy atom. The van der Waals surface area contributed by atoms with Crippen LogP contribution in [0.25, 0.3) is 0 Å². The molecule has 2 amide bonds. The highest BCUT2D eigenvalue weighted by Gasteiger charge is 2.21. The van der Waals surface area contributed by atoms with Crippen molar-refractivity contribution in [1.82, 2.24) is 30.4 Å². The van der Waals surface area contributed by atoms with Crippen molar-refractivity contribution >= 4 is 11.8 Å². The molecule has 21 heavy (non-hydrogen) atoms. The molecule has 0 saturated carbocycles. The highest BCUT2D eigenvalue weighted by atomic mass is 16.2. The van der Waals surface area contributed by atoms with Gasteiger partial charge in [0.15, 0.2) is 0 Å². The molecule has 3 rings (SSSR count). The summed E-state index contributed by atoms with van der Waals surface area (Å²) in [5.74, 6) is 0.856. The number of H-pyrrole nitrogens is 1. The van der Waals surface area contributed by atoms with E-state index in [0.29, 0.717) is 19.6 Å². The summed E-state index contributed by atoms with van der Waals surface area (Å²) in [6.45, 7) is 3.33. The van der Waals surface area contributed by atoms with Gasteiger partial charge in [-0.3, -0.25) is 10.1 Å². The first-order valence-corrected chi connectivity index (χ1v) is 6.85. The highest BCUT2D eigenvalue weighted by Crippen LogP contribution is 2.11.